The molecule has 2 saturated heterocycles. The maximum atomic E-state index is 13.7. The molecular formula is C64H62N10O10. The zero-order chi connectivity index (χ0) is 59.0. The minimum Gasteiger partial charge on any atom is -0.443 e. The summed E-state index contributed by atoms with van der Waals surface area (Å²) in [6, 6.07) is 40.4. The number of nitrogens with zero attached hydrogens (tertiary/aromatic N) is 4. The lowest BCUT2D eigenvalue weighted by molar-refractivity contribution is -0.153. The highest BCUT2D eigenvalue weighted by molar-refractivity contribution is 6.07. The second-order valence-electron chi connectivity index (χ2n) is 21.1. The van der Waals surface area contributed by atoms with Gasteiger partial charge in [0.2, 0.25) is 0 Å². The Hall–Kier alpha value is -10.2. The van der Waals surface area contributed by atoms with Crippen molar-refractivity contribution in [3.8, 4) is 0 Å². The van der Waals surface area contributed by atoms with E-state index in [0.717, 1.165) is 66.0 Å². The number of benzene rings is 6. The van der Waals surface area contributed by atoms with Crippen molar-refractivity contribution in [3.05, 3.63) is 215 Å². The maximum Gasteiger partial charge on any atom is 0.332 e. The summed E-state index contributed by atoms with van der Waals surface area (Å²) < 4.78 is 11.7. The smallest absolute Gasteiger partial charge is 0.332 e. The lowest BCUT2D eigenvalue weighted by atomic mass is 10.0. The summed E-state index contributed by atoms with van der Waals surface area (Å²) in [6.45, 7) is -0.0302. The van der Waals surface area contributed by atoms with Crippen molar-refractivity contribution in [2.45, 2.75) is 63.3 Å². The van der Waals surface area contributed by atoms with Crippen molar-refractivity contribution < 1.29 is 47.8 Å². The molecule has 0 aliphatic carbocycles. The molecule has 84 heavy (non-hydrogen) atoms. The Morgan fingerprint density at radius 1 is 0.512 bits per heavy atom. The Kier molecular flexibility index (Phi) is 17.2. The van der Waals surface area contributed by atoms with Gasteiger partial charge < -0.3 is 40.7 Å². The van der Waals surface area contributed by atoms with Gasteiger partial charge in [-0.25, -0.2) is 19.2 Å². The van der Waals surface area contributed by atoms with E-state index in [-0.39, 0.29) is 50.6 Å². The fourth-order valence-corrected chi connectivity index (χ4v) is 10.2. The van der Waals surface area contributed by atoms with E-state index < -0.39 is 60.4 Å². The van der Waals surface area contributed by atoms with E-state index in [1.807, 2.05) is 85.2 Å². The van der Waals surface area contributed by atoms with Gasteiger partial charge in [0.25, 0.3) is 23.6 Å². The minimum atomic E-state index is -0.819. The monoisotopic (exact) mass is 1130 g/mol. The fraction of sp³-hybridized carbons (Fsp3) is 0.219. The largest absolute Gasteiger partial charge is 0.443 e. The normalized spacial score (nSPS) is 15.9. The predicted octanol–water partition coefficient (Wildman–Crippen LogP) is 7.68. The molecule has 428 valence electrons. The number of amides is 8. The van der Waals surface area contributed by atoms with Crippen LogP contribution in [0.25, 0.3) is 21.8 Å². The quantitative estimate of drug-likeness (QED) is 0.0166. The lowest BCUT2D eigenvalue weighted by Gasteiger charge is -2.24. The number of esters is 2. The molecule has 8 aromatic rings. The summed E-state index contributed by atoms with van der Waals surface area (Å²) in [4.78, 5) is 118. The zero-order valence-electron chi connectivity index (χ0n) is 46.6. The van der Waals surface area contributed by atoms with Gasteiger partial charge in [-0.1, -0.05) is 72.8 Å². The number of nitrogens with one attached hydrogen (secondary N) is 6. The minimum absolute atomic E-state index is 0.0151. The van der Waals surface area contributed by atoms with Crippen LogP contribution in [0.4, 0.5) is 21.0 Å². The maximum absolute atomic E-state index is 13.7. The van der Waals surface area contributed by atoms with E-state index >= 15 is 0 Å². The van der Waals surface area contributed by atoms with Crippen molar-refractivity contribution in [2.75, 3.05) is 38.8 Å². The van der Waals surface area contributed by atoms with Gasteiger partial charge in [0.05, 0.1) is 13.1 Å². The van der Waals surface area contributed by atoms with E-state index in [1.54, 1.807) is 111 Å². The first-order valence-corrected chi connectivity index (χ1v) is 27.3. The van der Waals surface area contributed by atoms with Crippen LogP contribution in [0.2, 0.25) is 0 Å². The number of imide groups is 2. The molecule has 20 nitrogen and oxygen atoms in total. The van der Waals surface area contributed by atoms with Gasteiger partial charge in [-0.05, 0) is 134 Å². The average molecular weight is 1130 g/mol. The first kappa shape index (κ1) is 57.1. The molecule has 20 heteroatoms. The second kappa shape index (κ2) is 25.3. The fourth-order valence-electron chi connectivity index (χ4n) is 10.2. The molecule has 4 atom stereocenters. The summed E-state index contributed by atoms with van der Waals surface area (Å²) in [5.41, 5.74) is 8.16. The number of urea groups is 2. The number of ether oxygens (including phenoxy) is 2. The summed E-state index contributed by atoms with van der Waals surface area (Å²) in [7, 11) is 7.06. The molecule has 0 spiro atoms. The molecule has 2 aliphatic rings. The highest BCUT2D eigenvalue weighted by atomic mass is 16.6. The molecule has 6 N–H and O–H groups in total. The number of para-hydroxylation sites is 2. The Morgan fingerprint density at radius 2 is 0.917 bits per heavy atom. The predicted molar refractivity (Wildman–Crippen MR) is 315 cm³/mol. The summed E-state index contributed by atoms with van der Waals surface area (Å²) >= 11 is 0. The molecular weight excluding hydrogens is 1070 g/mol. The standard InChI is InChI=1S/C64H62N10O10/c1-71(2)55(33-45-35-65-51-23-21-39(29-49(45)51)31-53-61(79)73(63(81)69-53)37-41-13-11-15-43(27-41)59(77)67-47-17-7-5-8-18-47)83-57(75)25-26-58(76)84-56(72(3)4)34-46-36-66-52-24-22-40(30-50(46)52)32-54-62(80)74(64(82)70-54)38-42-14-12-16-44(28-42)60(78)68-48-19-9-6-10-20-48/h5-30,35-36,53-56,65-66H,31-34,37-38H2,1-4H3,(H,67,77)(H,68,78)(H,69,81)(H,70,82)/b26-25-. The first-order valence-electron chi connectivity index (χ1n) is 27.3. The van der Waals surface area contributed by atoms with Crippen LogP contribution in [0.5, 0.6) is 0 Å². The van der Waals surface area contributed by atoms with Crippen LogP contribution in [0.1, 0.15) is 54.1 Å². The highest BCUT2D eigenvalue weighted by Gasteiger charge is 2.39. The molecule has 0 saturated carbocycles. The molecule has 2 fully saturated rings. The van der Waals surface area contributed by atoms with Crippen molar-refractivity contribution in [2.24, 2.45) is 0 Å². The molecule has 8 amide bonds. The zero-order valence-corrected chi connectivity index (χ0v) is 46.6. The molecule has 4 heterocycles. The number of aromatic nitrogens is 2. The molecule has 0 bridgehead atoms. The number of anilines is 2. The third-order valence-corrected chi connectivity index (χ3v) is 14.7. The van der Waals surface area contributed by atoms with E-state index in [9.17, 15) is 38.4 Å². The van der Waals surface area contributed by atoms with Crippen LogP contribution in [-0.4, -0.2) is 130 Å². The molecule has 0 radical (unpaired) electrons. The number of hydrogen-bond donors (Lipinski definition) is 6. The van der Waals surface area contributed by atoms with Crippen LogP contribution in [0.3, 0.4) is 0 Å². The average Bonchev–Trinajstić information content (AvgIpc) is 3.77. The number of carbonyl (C=O) groups excluding carboxylic acids is 8. The van der Waals surface area contributed by atoms with Crippen molar-refractivity contribution in [1.82, 2.24) is 40.2 Å². The summed E-state index contributed by atoms with van der Waals surface area (Å²) in [5, 5.41) is 13.0. The van der Waals surface area contributed by atoms with Gasteiger partial charge in [0.1, 0.15) is 12.1 Å². The molecule has 2 aromatic heterocycles. The van der Waals surface area contributed by atoms with Gasteiger partial charge in [-0.2, -0.15) is 0 Å². The topological polar surface area (TPSA) is 248 Å². The first-order chi connectivity index (χ1) is 40.5. The Labute approximate surface area is 483 Å². The number of aromatic amines is 2. The Morgan fingerprint density at radius 3 is 1.31 bits per heavy atom. The third-order valence-electron chi connectivity index (χ3n) is 14.7. The lowest BCUT2D eigenvalue weighted by Crippen LogP contribution is -2.35. The van der Waals surface area contributed by atoms with E-state index in [1.165, 1.54) is 0 Å². The summed E-state index contributed by atoms with van der Waals surface area (Å²) in [5.74, 6) is -2.94. The van der Waals surface area contributed by atoms with Crippen LogP contribution in [-0.2, 0) is 67.4 Å². The number of carbonyl (C=O) groups is 8. The van der Waals surface area contributed by atoms with Gasteiger partial charge in [0, 0.05) is 94.5 Å². The third kappa shape index (κ3) is 13.6. The number of hydrogen-bond acceptors (Lipinski definition) is 12. The van der Waals surface area contributed by atoms with E-state index in [0.29, 0.717) is 33.6 Å². The van der Waals surface area contributed by atoms with Crippen LogP contribution in [0.15, 0.2) is 170 Å². The van der Waals surface area contributed by atoms with E-state index in [4.69, 9.17) is 9.47 Å². The molecule has 6 aromatic carbocycles. The number of rotatable bonds is 22. The Bertz CT molecular complexity index is 3590. The Balaban J connectivity index is 0.716. The number of fused-ring (bicyclic) bond motifs is 2. The van der Waals surface area contributed by atoms with Gasteiger partial charge in [-0.3, -0.25) is 38.8 Å². The van der Waals surface area contributed by atoms with Gasteiger partial charge in [0.15, 0.2) is 12.5 Å². The van der Waals surface area contributed by atoms with Crippen LogP contribution < -0.4 is 21.3 Å². The SMILES string of the molecule is CN(C)C(Cc1c[nH]c2ccc(CC3NC(=O)N(Cc4cccc(C(=O)Nc5ccccc5)c4)C3=O)cc12)OC(=O)/C=C\C(=O)OC(Cc1c[nH]c2ccc(CC3NC(=O)N(Cc4cccc(C(=O)Nc5ccccc5)c4)C3=O)cc12)N(C)C. The van der Waals surface area contributed by atoms with Crippen molar-refractivity contribution >= 4 is 80.8 Å². The molecule has 10 rings (SSSR count). The van der Waals surface area contributed by atoms with Gasteiger partial charge in [-0.15, -0.1) is 0 Å². The molecule has 2 aliphatic heterocycles. The number of likely N-dealkylation sites (N-methyl/N-ethyl adjacent to an activating group) is 2. The molecule has 4 unspecified atom stereocenters. The second-order valence-corrected chi connectivity index (χ2v) is 21.1. The van der Waals surface area contributed by atoms with Crippen molar-refractivity contribution in [1.29, 1.82) is 0 Å². The summed E-state index contributed by atoms with van der Waals surface area (Å²) in [6.07, 6.45) is 5.17. The van der Waals surface area contributed by atoms with Crippen molar-refractivity contribution in [3.63, 3.8) is 0 Å². The highest BCUT2D eigenvalue weighted by Crippen LogP contribution is 2.27. The number of H-pyrrole nitrogens is 2. The van der Waals surface area contributed by atoms with Gasteiger partial charge >= 0.3 is 24.0 Å². The van der Waals surface area contributed by atoms with E-state index in [2.05, 4.69) is 31.2 Å². The van der Waals surface area contributed by atoms with Crippen LogP contribution in [0, 0.1) is 0 Å². The van der Waals surface area contributed by atoms with Crippen LogP contribution >= 0.6 is 0 Å².